The smallest absolute Gasteiger partial charge is 0.293 e. The monoisotopic (exact) mass is 357 g/mol. The Morgan fingerprint density at radius 3 is 3.08 bits per heavy atom. The highest BCUT2D eigenvalue weighted by molar-refractivity contribution is 5.83. The molecule has 1 fully saturated rings. The van der Waals surface area contributed by atoms with Crippen LogP contribution in [0.5, 0.6) is 0 Å². The van der Waals surface area contributed by atoms with Gasteiger partial charge in [0.2, 0.25) is 5.91 Å². The molecule has 0 radical (unpaired) electrons. The summed E-state index contributed by atoms with van der Waals surface area (Å²) < 4.78 is 7.19. The van der Waals surface area contributed by atoms with E-state index in [0.717, 1.165) is 5.56 Å². The molecule has 0 bridgehead atoms. The highest BCUT2D eigenvalue weighted by Gasteiger charge is 2.28. The van der Waals surface area contributed by atoms with Crippen molar-refractivity contribution in [3.05, 3.63) is 52.8 Å². The SMILES string of the molecule is CC(C(=O)N1CCOC(CNc2nccn(C)c2=O)C1)c1cccnc1. The lowest BCUT2D eigenvalue weighted by atomic mass is 10.0. The number of anilines is 1. The molecule has 1 amide bonds. The fraction of sp³-hybridized carbons (Fsp3) is 0.444. The summed E-state index contributed by atoms with van der Waals surface area (Å²) >= 11 is 0. The Bertz CT molecular complexity index is 808. The molecule has 3 rings (SSSR count). The minimum Gasteiger partial charge on any atom is -0.373 e. The second kappa shape index (κ2) is 8.09. The van der Waals surface area contributed by atoms with Gasteiger partial charge in [-0.1, -0.05) is 6.07 Å². The first-order chi connectivity index (χ1) is 12.6. The van der Waals surface area contributed by atoms with E-state index in [4.69, 9.17) is 4.74 Å². The molecule has 0 saturated carbocycles. The van der Waals surface area contributed by atoms with Gasteiger partial charge in [0.15, 0.2) is 5.82 Å². The molecule has 1 saturated heterocycles. The second-order valence-electron chi connectivity index (χ2n) is 6.36. The fourth-order valence-corrected chi connectivity index (χ4v) is 2.92. The summed E-state index contributed by atoms with van der Waals surface area (Å²) in [6.07, 6.45) is 6.39. The van der Waals surface area contributed by atoms with Gasteiger partial charge >= 0.3 is 0 Å². The van der Waals surface area contributed by atoms with Crippen LogP contribution in [0.15, 0.2) is 41.7 Å². The van der Waals surface area contributed by atoms with Crippen LogP contribution in [0.3, 0.4) is 0 Å². The third-order valence-electron chi connectivity index (χ3n) is 4.52. The lowest BCUT2D eigenvalue weighted by Crippen LogP contribution is -2.49. The Kier molecular flexibility index (Phi) is 5.62. The van der Waals surface area contributed by atoms with Gasteiger partial charge in [-0.2, -0.15) is 0 Å². The second-order valence-corrected chi connectivity index (χ2v) is 6.36. The number of hydrogen-bond acceptors (Lipinski definition) is 6. The van der Waals surface area contributed by atoms with Crippen LogP contribution in [0, 0.1) is 0 Å². The largest absolute Gasteiger partial charge is 0.373 e. The van der Waals surface area contributed by atoms with E-state index in [-0.39, 0.29) is 29.3 Å². The molecule has 3 heterocycles. The predicted octanol–water partition coefficient (Wildman–Crippen LogP) is 0.618. The van der Waals surface area contributed by atoms with Crippen LogP contribution in [0.2, 0.25) is 0 Å². The van der Waals surface area contributed by atoms with E-state index in [1.807, 2.05) is 24.0 Å². The van der Waals surface area contributed by atoms with Crippen molar-refractivity contribution in [1.82, 2.24) is 19.4 Å². The molecule has 0 spiro atoms. The standard InChI is InChI=1S/C18H23N5O3/c1-13(14-4-3-5-19-10-14)17(24)23-8-9-26-15(12-23)11-21-16-18(25)22(2)7-6-20-16/h3-7,10,13,15H,8-9,11-12H2,1-2H3,(H,20,21). The minimum atomic E-state index is -0.251. The molecular formula is C18H23N5O3. The topological polar surface area (TPSA) is 89.4 Å². The molecule has 0 aromatic carbocycles. The Balaban J connectivity index is 1.59. The number of nitrogens with zero attached hydrogens (tertiary/aromatic N) is 4. The number of nitrogens with one attached hydrogen (secondary N) is 1. The maximum atomic E-state index is 12.8. The van der Waals surface area contributed by atoms with Gasteiger partial charge < -0.3 is 19.5 Å². The van der Waals surface area contributed by atoms with Crippen molar-refractivity contribution >= 4 is 11.7 Å². The van der Waals surface area contributed by atoms with Crippen molar-refractivity contribution in [2.75, 3.05) is 31.6 Å². The first-order valence-electron chi connectivity index (χ1n) is 8.62. The molecular weight excluding hydrogens is 334 g/mol. The minimum absolute atomic E-state index is 0.0556. The average Bonchev–Trinajstić information content (AvgIpc) is 2.69. The van der Waals surface area contributed by atoms with Gasteiger partial charge in [-0.25, -0.2) is 4.98 Å². The van der Waals surface area contributed by atoms with E-state index in [2.05, 4.69) is 15.3 Å². The van der Waals surface area contributed by atoms with Crippen LogP contribution < -0.4 is 10.9 Å². The Labute approximate surface area is 151 Å². The first-order valence-corrected chi connectivity index (χ1v) is 8.62. The van der Waals surface area contributed by atoms with Gasteiger partial charge in [0.1, 0.15) is 0 Å². The number of carbonyl (C=O) groups excluding carboxylic acids is 1. The van der Waals surface area contributed by atoms with Crippen LogP contribution >= 0.6 is 0 Å². The van der Waals surface area contributed by atoms with Crippen LogP contribution in [0.4, 0.5) is 5.82 Å². The summed E-state index contributed by atoms with van der Waals surface area (Å²) in [7, 11) is 1.67. The molecule has 1 N–H and O–H groups in total. The Hall–Kier alpha value is -2.74. The summed E-state index contributed by atoms with van der Waals surface area (Å²) in [5, 5.41) is 3.03. The Morgan fingerprint density at radius 1 is 1.46 bits per heavy atom. The van der Waals surface area contributed by atoms with Gasteiger partial charge in [-0.05, 0) is 18.6 Å². The maximum Gasteiger partial charge on any atom is 0.293 e. The third kappa shape index (κ3) is 4.08. The number of carbonyl (C=O) groups is 1. The van der Waals surface area contributed by atoms with Crippen LogP contribution in [-0.4, -0.2) is 57.7 Å². The molecule has 1 aliphatic heterocycles. The van der Waals surface area contributed by atoms with E-state index in [1.165, 1.54) is 4.57 Å². The van der Waals surface area contributed by atoms with Gasteiger partial charge in [-0.3, -0.25) is 14.6 Å². The van der Waals surface area contributed by atoms with Crippen molar-refractivity contribution < 1.29 is 9.53 Å². The van der Waals surface area contributed by atoms with Crippen molar-refractivity contribution in [3.8, 4) is 0 Å². The van der Waals surface area contributed by atoms with Gasteiger partial charge in [0, 0.05) is 51.5 Å². The summed E-state index contributed by atoms with van der Waals surface area (Å²) in [4.78, 5) is 34.7. The van der Waals surface area contributed by atoms with Gasteiger partial charge in [0.05, 0.1) is 18.6 Å². The van der Waals surface area contributed by atoms with Crippen LogP contribution in [0.1, 0.15) is 18.4 Å². The van der Waals surface area contributed by atoms with Crippen LogP contribution in [-0.2, 0) is 16.6 Å². The summed E-state index contributed by atoms with van der Waals surface area (Å²) in [5.74, 6) is 0.0873. The molecule has 8 heteroatoms. The zero-order chi connectivity index (χ0) is 18.5. The third-order valence-corrected chi connectivity index (χ3v) is 4.52. The molecule has 2 aromatic rings. The number of pyridine rings is 1. The lowest BCUT2D eigenvalue weighted by molar-refractivity contribution is -0.139. The molecule has 26 heavy (non-hydrogen) atoms. The molecule has 0 aliphatic carbocycles. The molecule has 2 unspecified atom stereocenters. The normalized spacial score (nSPS) is 18.4. The fourth-order valence-electron chi connectivity index (χ4n) is 2.92. The Morgan fingerprint density at radius 2 is 2.31 bits per heavy atom. The molecule has 2 aromatic heterocycles. The highest BCUT2D eigenvalue weighted by atomic mass is 16.5. The summed E-state index contributed by atoms with van der Waals surface area (Å²) in [5.41, 5.74) is 0.706. The summed E-state index contributed by atoms with van der Waals surface area (Å²) in [6, 6.07) is 3.74. The average molecular weight is 357 g/mol. The molecule has 1 aliphatic rings. The van der Waals surface area contributed by atoms with Gasteiger partial charge in [0.25, 0.3) is 5.56 Å². The van der Waals surface area contributed by atoms with E-state index in [1.54, 1.807) is 31.8 Å². The van der Waals surface area contributed by atoms with E-state index < -0.39 is 0 Å². The number of hydrogen-bond donors (Lipinski definition) is 1. The number of amides is 1. The van der Waals surface area contributed by atoms with Crippen molar-refractivity contribution in [3.63, 3.8) is 0 Å². The first kappa shape index (κ1) is 18.1. The lowest BCUT2D eigenvalue weighted by Gasteiger charge is -2.34. The zero-order valence-electron chi connectivity index (χ0n) is 15.0. The number of morpholine rings is 1. The number of rotatable bonds is 5. The number of aromatic nitrogens is 3. The van der Waals surface area contributed by atoms with Gasteiger partial charge in [-0.15, -0.1) is 0 Å². The van der Waals surface area contributed by atoms with E-state index in [9.17, 15) is 9.59 Å². The molecule has 138 valence electrons. The van der Waals surface area contributed by atoms with E-state index >= 15 is 0 Å². The zero-order valence-corrected chi connectivity index (χ0v) is 15.0. The van der Waals surface area contributed by atoms with Crippen molar-refractivity contribution in [2.24, 2.45) is 7.05 Å². The summed E-state index contributed by atoms with van der Waals surface area (Å²) in [6.45, 7) is 3.81. The van der Waals surface area contributed by atoms with E-state index in [0.29, 0.717) is 26.2 Å². The predicted molar refractivity (Wildman–Crippen MR) is 96.9 cm³/mol. The molecule has 8 nitrogen and oxygen atoms in total. The number of ether oxygens (including phenoxy) is 1. The van der Waals surface area contributed by atoms with Crippen molar-refractivity contribution in [1.29, 1.82) is 0 Å². The highest BCUT2D eigenvalue weighted by Crippen LogP contribution is 2.18. The number of aryl methyl sites for hydroxylation is 1. The molecule has 2 atom stereocenters. The maximum absolute atomic E-state index is 12.8. The van der Waals surface area contributed by atoms with Crippen LogP contribution in [0.25, 0.3) is 0 Å². The van der Waals surface area contributed by atoms with Crippen molar-refractivity contribution in [2.45, 2.75) is 18.9 Å². The quantitative estimate of drug-likeness (QED) is 0.844.